The summed E-state index contributed by atoms with van der Waals surface area (Å²) in [5, 5.41) is 0. The van der Waals surface area contributed by atoms with Gasteiger partial charge in [0.05, 0.1) is 6.54 Å². The van der Waals surface area contributed by atoms with E-state index in [0.717, 1.165) is 62.3 Å². The lowest BCUT2D eigenvalue weighted by Crippen LogP contribution is -2.51. The molecular weight excluding hydrogens is 506 g/mol. The molecule has 0 radical (unpaired) electrons. The van der Waals surface area contributed by atoms with E-state index in [1.165, 1.54) is 25.0 Å². The molecule has 0 aliphatic carbocycles. The first-order valence-corrected chi connectivity index (χ1v) is 10.8. The lowest BCUT2D eigenvalue weighted by Gasteiger charge is -2.36. The van der Waals surface area contributed by atoms with E-state index in [9.17, 15) is 4.39 Å². The number of piperidine rings is 1. The average molecular weight is 538 g/mol. The van der Waals surface area contributed by atoms with Crippen molar-refractivity contribution in [1.82, 2.24) is 9.88 Å². The molecule has 2 aliphatic heterocycles. The van der Waals surface area contributed by atoms with E-state index in [1.807, 2.05) is 18.3 Å². The van der Waals surface area contributed by atoms with Gasteiger partial charge in [0.2, 0.25) is 0 Å². The second-order valence-corrected chi connectivity index (χ2v) is 8.32. The maximum Gasteiger partial charge on any atom is 0.191 e. The van der Waals surface area contributed by atoms with Crippen molar-refractivity contribution in [3.05, 3.63) is 54.0 Å². The second kappa shape index (κ2) is 11.0. The Hall–Kier alpha value is -2.10. The minimum absolute atomic E-state index is 0. The molecule has 0 unspecified atom stereocenters. The van der Waals surface area contributed by atoms with Gasteiger partial charge < -0.3 is 20.4 Å². The summed E-state index contributed by atoms with van der Waals surface area (Å²) in [4.78, 5) is 15.9. The van der Waals surface area contributed by atoms with Crippen LogP contribution < -0.4 is 15.5 Å². The maximum atomic E-state index is 13.1. The third kappa shape index (κ3) is 6.21. The van der Waals surface area contributed by atoms with Crippen molar-refractivity contribution in [2.45, 2.75) is 26.3 Å². The first kappa shape index (κ1) is 23.6. The maximum absolute atomic E-state index is 13.1. The molecule has 31 heavy (non-hydrogen) atoms. The number of rotatable bonds is 4. The number of hydrogen-bond acceptors (Lipinski definition) is 4. The molecule has 0 bridgehead atoms. The number of nitrogens with two attached hydrogens (primary N) is 1. The van der Waals surface area contributed by atoms with Gasteiger partial charge in [-0.25, -0.2) is 14.4 Å². The molecule has 2 N–H and O–H groups in total. The quantitative estimate of drug-likeness (QED) is 0.366. The van der Waals surface area contributed by atoms with Crippen LogP contribution in [-0.2, 0) is 6.54 Å². The van der Waals surface area contributed by atoms with Crippen LogP contribution >= 0.6 is 24.0 Å². The molecule has 3 heterocycles. The molecule has 2 fully saturated rings. The van der Waals surface area contributed by atoms with Gasteiger partial charge in [-0.1, -0.05) is 13.0 Å². The van der Waals surface area contributed by atoms with E-state index in [2.05, 4.69) is 43.7 Å². The highest BCUT2D eigenvalue weighted by atomic mass is 127. The number of benzene rings is 1. The van der Waals surface area contributed by atoms with Crippen LogP contribution in [0.15, 0.2) is 47.6 Å². The van der Waals surface area contributed by atoms with Crippen LogP contribution in [0.2, 0.25) is 0 Å². The topological polar surface area (TPSA) is 61.0 Å². The Morgan fingerprint density at radius 3 is 2.29 bits per heavy atom. The molecule has 2 saturated heterocycles. The number of pyridine rings is 1. The molecular formula is C23H32FIN6. The van der Waals surface area contributed by atoms with E-state index >= 15 is 0 Å². The summed E-state index contributed by atoms with van der Waals surface area (Å²) in [6, 6.07) is 10.8. The van der Waals surface area contributed by atoms with E-state index in [1.54, 1.807) is 0 Å². The van der Waals surface area contributed by atoms with Crippen molar-refractivity contribution in [1.29, 1.82) is 0 Å². The van der Waals surface area contributed by atoms with Gasteiger partial charge in [-0.3, -0.25) is 0 Å². The predicted octanol–water partition coefficient (Wildman–Crippen LogP) is 3.71. The molecule has 0 amide bonds. The zero-order valence-corrected chi connectivity index (χ0v) is 20.4. The molecule has 4 rings (SSSR count). The van der Waals surface area contributed by atoms with Crippen LogP contribution in [0, 0.1) is 11.7 Å². The Kier molecular flexibility index (Phi) is 8.34. The Morgan fingerprint density at radius 1 is 1.00 bits per heavy atom. The summed E-state index contributed by atoms with van der Waals surface area (Å²) in [7, 11) is 0. The summed E-state index contributed by atoms with van der Waals surface area (Å²) in [6.07, 6.45) is 4.38. The number of nitrogens with zero attached hydrogens (tertiary/aromatic N) is 5. The van der Waals surface area contributed by atoms with Gasteiger partial charge in [-0.15, -0.1) is 24.0 Å². The Balaban J connectivity index is 0.00000272. The lowest BCUT2D eigenvalue weighted by molar-refractivity contribution is 0.380. The van der Waals surface area contributed by atoms with Gasteiger partial charge >= 0.3 is 0 Å². The minimum Gasteiger partial charge on any atom is -0.370 e. The van der Waals surface area contributed by atoms with Crippen LogP contribution in [0.1, 0.15) is 25.3 Å². The normalized spacial score (nSPS) is 18.1. The standard InChI is InChI=1S/C23H31FN6.HI/c1-18-8-10-29(11-9-18)22-7-2-19(16-26-22)17-27-23(25)30-14-12-28(13-15-30)21-5-3-20(24)4-6-21;/h2-7,16,18H,8-15,17H2,1H3,(H2,25,27);1H. The summed E-state index contributed by atoms with van der Waals surface area (Å²) in [5.41, 5.74) is 8.35. The number of aliphatic imine (C=N–C) groups is 1. The van der Waals surface area contributed by atoms with Crippen LogP contribution in [0.5, 0.6) is 0 Å². The zero-order valence-electron chi connectivity index (χ0n) is 18.1. The highest BCUT2D eigenvalue weighted by Gasteiger charge is 2.19. The summed E-state index contributed by atoms with van der Waals surface area (Å²) in [6.45, 7) is 8.31. The van der Waals surface area contributed by atoms with Crippen molar-refractivity contribution in [2.24, 2.45) is 16.6 Å². The Morgan fingerprint density at radius 2 is 1.68 bits per heavy atom. The third-order valence-electron chi connectivity index (χ3n) is 6.14. The fraction of sp³-hybridized carbons (Fsp3) is 0.478. The molecule has 1 aromatic carbocycles. The Labute approximate surface area is 201 Å². The number of piperazine rings is 1. The molecule has 0 saturated carbocycles. The SMILES string of the molecule is CC1CCN(c2ccc(CN=C(N)N3CCN(c4ccc(F)cc4)CC3)cn2)CC1.I. The fourth-order valence-corrected chi connectivity index (χ4v) is 4.05. The molecule has 0 atom stereocenters. The molecule has 1 aromatic heterocycles. The van der Waals surface area contributed by atoms with Crippen LogP contribution in [0.3, 0.4) is 0 Å². The van der Waals surface area contributed by atoms with Crippen LogP contribution in [-0.4, -0.2) is 55.1 Å². The molecule has 2 aromatic rings. The van der Waals surface area contributed by atoms with Gasteiger partial charge in [0.1, 0.15) is 11.6 Å². The van der Waals surface area contributed by atoms with Gasteiger partial charge in [0, 0.05) is 51.2 Å². The number of halogens is 2. The fourth-order valence-electron chi connectivity index (χ4n) is 4.05. The number of anilines is 2. The van der Waals surface area contributed by atoms with E-state index in [4.69, 9.17) is 5.73 Å². The van der Waals surface area contributed by atoms with Crippen molar-refractivity contribution < 1.29 is 4.39 Å². The first-order chi connectivity index (χ1) is 14.6. The van der Waals surface area contributed by atoms with Crippen molar-refractivity contribution in [2.75, 3.05) is 49.1 Å². The van der Waals surface area contributed by atoms with E-state index < -0.39 is 0 Å². The molecule has 6 nitrogen and oxygen atoms in total. The molecule has 168 valence electrons. The zero-order chi connectivity index (χ0) is 20.9. The molecule has 0 spiro atoms. The van der Waals surface area contributed by atoms with Gasteiger partial charge in [-0.2, -0.15) is 0 Å². The molecule has 8 heteroatoms. The Bertz CT molecular complexity index is 841. The number of aromatic nitrogens is 1. The van der Waals surface area contributed by atoms with Crippen LogP contribution in [0.25, 0.3) is 0 Å². The monoisotopic (exact) mass is 538 g/mol. The van der Waals surface area contributed by atoms with Crippen LogP contribution in [0.4, 0.5) is 15.9 Å². The summed E-state index contributed by atoms with van der Waals surface area (Å²) in [5.74, 6) is 2.24. The minimum atomic E-state index is -0.207. The average Bonchev–Trinajstić information content (AvgIpc) is 2.79. The number of guanidine groups is 1. The summed E-state index contributed by atoms with van der Waals surface area (Å²) < 4.78 is 13.1. The highest BCUT2D eigenvalue weighted by Crippen LogP contribution is 2.21. The van der Waals surface area contributed by atoms with Crippen molar-refractivity contribution in [3.63, 3.8) is 0 Å². The predicted molar refractivity (Wildman–Crippen MR) is 136 cm³/mol. The first-order valence-electron chi connectivity index (χ1n) is 10.8. The lowest BCUT2D eigenvalue weighted by atomic mass is 9.99. The van der Waals surface area contributed by atoms with Gasteiger partial charge in [0.15, 0.2) is 5.96 Å². The van der Waals surface area contributed by atoms with Crippen molar-refractivity contribution >= 4 is 41.4 Å². The summed E-state index contributed by atoms with van der Waals surface area (Å²) >= 11 is 0. The van der Waals surface area contributed by atoms with E-state index in [-0.39, 0.29) is 29.8 Å². The van der Waals surface area contributed by atoms with Gasteiger partial charge in [-0.05, 0) is 54.7 Å². The largest absolute Gasteiger partial charge is 0.370 e. The molecule has 2 aliphatic rings. The van der Waals surface area contributed by atoms with Crippen molar-refractivity contribution in [3.8, 4) is 0 Å². The highest BCUT2D eigenvalue weighted by molar-refractivity contribution is 14.0. The van der Waals surface area contributed by atoms with E-state index in [0.29, 0.717) is 12.5 Å². The van der Waals surface area contributed by atoms with Gasteiger partial charge in [0.25, 0.3) is 0 Å². The smallest absolute Gasteiger partial charge is 0.191 e. The third-order valence-corrected chi connectivity index (χ3v) is 6.14. The number of hydrogen-bond donors (Lipinski definition) is 1. The second-order valence-electron chi connectivity index (χ2n) is 8.32.